The zero-order valence-corrected chi connectivity index (χ0v) is 11.1. The van der Waals surface area contributed by atoms with Crippen LogP contribution in [0.5, 0.6) is 0 Å². The van der Waals surface area contributed by atoms with Crippen molar-refractivity contribution >= 4 is 31.6 Å². The summed E-state index contributed by atoms with van der Waals surface area (Å²) in [6.45, 7) is 0.508. The van der Waals surface area contributed by atoms with E-state index in [4.69, 9.17) is 5.73 Å². The number of unbranched alkanes of at least 4 members (excludes halogenated alkanes) is 1. The Morgan fingerprint density at radius 1 is 1.44 bits per heavy atom. The summed E-state index contributed by atoms with van der Waals surface area (Å²) in [7, 11) is -3.29. The van der Waals surface area contributed by atoms with Crippen molar-refractivity contribution in [3.63, 3.8) is 0 Å². The van der Waals surface area contributed by atoms with Crippen LogP contribution in [0.1, 0.15) is 12.8 Å². The standard InChI is InChI=1S/C9H14BrN3O2S/c10-8-7-12-5-3-9(8)13-16(14,15)6-2-1-4-11/h3,5,7H,1-2,4,6,11H2,(H,12,13). The van der Waals surface area contributed by atoms with Crippen LogP contribution in [-0.2, 0) is 10.0 Å². The van der Waals surface area contributed by atoms with Crippen LogP contribution in [0, 0.1) is 0 Å². The summed E-state index contributed by atoms with van der Waals surface area (Å²) in [5, 5.41) is 0. The van der Waals surface area contributed by atoms with Crippen LogP contribution < -0.4 is 10.5 Å². The summed E-state index contributed by atoms with van der Waals surface area (Å²) < 4.78 is 26.4. The second-order valence-corrected chi connectivity index (χ2v) is 5.97. The third kappa shape index (κ3) is 4.46. The maximum atomic E-state index is 11.6. The van der Waals surface area contributed by atoms with Gasteiger partial charge in [0.05, 0.1) is 15.9 Å². The van der Waals surface area contributed by atoms with Crippen molar-refractivity contribution in [3.8, 4) is 0 Å². The summed E-state index contributed by atoms with van der Waals surface area (Å²) in [4.78, 5) is 3.85. The van der Waals surface area contributed by atoms with Gasteiger partial charge in [-0.05, 0) is 41.4 Å². The molecule has 0 spiro atoms. The van der Waals surface area contributed by atoms with Gasteiger partial charge >= 0.3 is 0 Å². The van der Waals surface area contributed by atoms with E-state index in [9.17, 15) is 8.42 Å². The van der Waals surface area contributed by atoms with Gasteiger partial charge in [0.15, 0.2) is 0 Å². The molecule has 0 unspecified atom stereocenters. The van der Waals surface area contributed by atoms with Crippen molar-refractivity contribution in [1.29, 1.82) is 0 Å². The van der Waals surface area contributed by atoms with Gasteiger partial charge in [0.25, 0.3) is 0 Å². The Labute approximate surface area is 104 Å². The van der Waals surface area contributed by atoms with Crippen LogP contribution in [0.4, 0.5) is 5.69 Å². The second kappa shape index (κ2) is 6.17. The fourth-order valence-corrected chi connectivity index (χ4v) is 2.79. The number of hydrogen-bond acceptors (Lipinski definition) is 4. The number of halogens is 1. The van der Waals surface area contributed by atoms with Gasteiger partial charge in [-0.3, -0.25) is 9.71 Å². The highest BCUT2D eigenvalue weighted by Crippen LogP contribution is 2.21. The van der Waals surface area contributed by atoms with Crippen molar-refractivity contribution in [2.45, 2.75) is 12.8 Å². The highest BCUT2D eigenvalue weighted by molar-refractivity contribution is 9.10. The lowest BCUT2D eigenvalue weighted by Gasteiger charge is -2.08. The lowest BCUT2D eigenvalue weighted by Crippen LogP contribution is -2.17. The maximum Gasteiger partial charge on any atom is 0.232 e. The summed E-state index contributed by atoms with van der Waals surface area (Å²) in [6.07, 6.45) is 4.34. The topological polar surface area (TPSA) is 85.1 Å². The van der Waals surface area contributed by atoms with Gasteiger partial charge < -0.3 is 5.73 Å². The minimum absolute atomic E-state index is 0.0823. The van der Waals surface area contributed by atoms with Gasteiger partial charge in [0, 0.05) is 12.4 Å². The van der Waals surface area contributed by atoms with Crippen LogP contribution in [0.15, 0.2) is 22.9 Å². The van der Waals surface area contributed by atoms with Crippen LogP contribution >= 0.6 is 15.9 Å². The zero-order chi connectivity index (χ0) is 12.0. The highest BCUT2D eigenvalue weighted by atomic mass is 79.9. The molecule has 7 heteroatoms. The molecule has 3 N–H and O–H groups in total. The first-order valence-electron chi connectivity index (χ1n) is 4.85. The van der Waals surface area contributed by atoms with Gasteiger partial charge in [-0.1, -0.05) is 0 Å². The van der Waals surface area contributed by atoms with Gasteiger partial charge in [0.1, 0.15) is 0 Å². The molecule has 5 nitrogen and oxygen atoms in total. The predicted molar refractivity (Wildman–Crippen MR) is 67.6 cm³/mol. The molecule has 1 aromatic rings. The van der Waals surface area contributed by atoms with E-state index in [-0.39, 0.29) is 5.75 Å². The summed E-state index contributed by atoms with van der Waals surface area (Å²) in [5.41, 5.74) is 5.81. The van der Waals surface area contributed by atoms with Crippen molar-refractivity contribution in [1.82, 2.24) is 4.98 Å². The minimum Gasteiger partial charge on any atom is -0.330 e. The Balaban J connectivity index is 2.63. The molecule has 0 amide bonds. The SMILES string of the molecule is NCCCCS(=O)(=O)Nc1ccncc1Br. The lowest BCUT2D eigenvalue weighted by molar-refractivity contribution is 0.597. The smallest absolute Gasteiger partial charge is 0.232 e. The van der Waals surface area contributed by atoms with E-state index in [1.807, 2.05) is 0 Å². The maximum absolute atomic E-state index is 11.6. The number of anilines is 1. The van der Waals surface area contributed by atoms with E-state index in [1.165, 1.54) is 12.4 Å². The Kier molecular flexibility index (Phi) is 5.17. The number of nitrogens with zero attached hydrogens (tertiary/aromatic N) is 1. The normalized spacial score (nSPS) is 11.4. The predicted octanol–water partition coefficient (Wildman–Crippen LogP) is 1.32. The van der Waals surface area contributed by atoms with Gasteiger partial charge in [-0.25, -0.2) is 8.42 Å². The molecular weight excluding hydrogens is 294 g/mol. The molecule has 0 saturated carbocycles. The fourth-order valence-electron chi connectivity index (χ4n) is 1.11. The first-order valence-corrected chi connectivity index (χ1v) is 7.30. The fraction of sp³-hybridized carbons (Fsp3) is 0.444. The average molecular weight is 308 g/mol. The first-order chi connectivity index (χ1) is 7.55. The van der Waals surface area contributed by atoms with Gasteiger partial charge in [-0.15, -0.1) is 0 Å². The molecule has 0 radical (unpaired) electrons. The van der Waals surface area contributed by atoms with Crippen LogP contribution in [0.3, 0.4) is 0 Å². The summed E-state index contributed by atoms with van der Waals surface area (Å²) in [6, 6.07) is 1.60. The molecule has 1 rings (SSSR count). The molecule has 0 aromatic carbocycles. The molecule has 1 aromatic heterocycles. The quantitative estimate of drug-likeness (QED) is 0.776. The van der Waals surface area contributed by atoms with Gasteiger partial charge in [-0.2, -0.15) is 0 Å². The third-order valence-corrected chi connectivity index (χ3v) is 3.89. The van der Waals surface area contributed by atoms with Crippen molar-refractivity contribution < 1.29 is 8.42 Å². The first kappa shape index (κ1) is 13.4. The third-order valence-electron chi connectivity index (χ3n) is 1.91. The molecule has 16 heavy (non-hydrogen) atoms. The number of sulfonamides is 1. The molecule has 1 heterocycles. The molecule has 90 valence electrons. The number of rotatable bonds is 6. The number of nitrogens with one attached hydrogen (secondary N) is 1. The second-order valence-electron chi connectivity index (χ2n) is 3.27. The molecule has 0 saturated heterocycles. The van der Waals surface area contributed by atoms with E-state index >= 15 is 0 Å². The molecule has 0 aliphatic carbocycles. The van der Waals surface area contributed by atoms with E-state index < -0.39 is 10.0 Å². The summed E-state index contributed by atoms with van der Waals surface area (Å²) in [5.74, 6) is 0.0823. The van der Waals surface area contributed by atoms with E-state index in [0.717, 1.165) is 0 Å². The van der Waals surface area contributed by atoms with E-state index in [0.29, 0.717) is 29.5 Å². The molecule has 0 bridgehead atoms. The Hall–Kier alpha value is -0.660. The zero-order valence-electron chi connectivity index (χ0n) is 8.69. The molecular formula is C9H14BrN3O2S. The number of nitrogens with two attached hydrogens (primary N) is 1. The Morgan fingerprint density at radius 2 is 2.19 bits per heavy atom. The van der Waals surface area contributed by atoms with Crippen molar-refractivity contribution in [2.24, 2.45) is 5.73 Å². The van der Waals surface area contributed by atoms with Gasteiger partial charge in [0.2, 0.25) is 10.0 Å². The van der Waals surface area contributed by atoms with Crippen molar-refractivity contribution in [2.75, 3.05) is 17.0 Å². The lowest BCUT2D eigenvalue weighted by atomic mass is 10.3. The van der Waals surface area contributed by atoms with E-state index in [2.05, 4.69) is 25.6 Å². The van der Waals surface area contributed by atoms with Crippen LogP contribution in [0.25, 0.3) is 0 Å². The molecule has 0 aliphatic heterocycles. The van der Waals surface area contributed by atoms with Crippen molar-refractivity contribution in [3.05, 3.63) is 22.9 Å². The Morgan fingerprint density at radius 3 is 2.81 bits per heavy atom. The minimum atomic E-state index is -3.29. The van der Waals surface area contributed by atoms with Crippen LogP contribution in [-0.4, -0.2) is 25.7 Å². The van der Waals surface area contributed by atoms with Crippen LogP contribution in [0.2, 0.25) is 0 Å². The van der Waals surface area contributed by atoms with E-state index in [1.54, 1.807) is 6.07 Å². The monoisotopic (exact) mass is 307 g/mol. The molecule has 0 fully saturated rings. The average Bonchev–Trinajstić information content (AvgIpc) is 2.21. The number of aromatic nitrogens is 1. The number of pyridine rings is 1. The molecule has 0 aliphatic rings. The summed E-state index contributed by atoms with van der Waals surface area (Å²) >= 11 is 3.22. The largest absolute Gasteiger partial charge is 0.330 e. The highest BCUT2D eigenvalue weighted by Gasteiger charge is 2.11. The number of hydrogen-bond donors (Lipinski definition) is 2. The molecule has 0 atom stereocenters. The Bertz CT molecular complexity index is 436.